The zero-order valence-electron chi connectivity index (χ0n) is 18.2. The van der Waals surface area contributed by atoms with Crippen molar-refractivity contribution in [3.8, 4) is 11.3 Å². The number of carbonyl (C=O) groups excluding carboxylic acids is 1. The molecule has 8 heteroatoms. The van der Waals surface area contributed by atoms with E-state index in [1.807, 2.05) is 23.1 Å². The highest BCUT2D eigenvalue weighted by Gasteiger charge is 2.27. The lowest BCUT2D eigenvalue weighted by Crippen LogP contribution is -2.40. The normalized spacial score (nSPS) is 15.3. The lowest BCUT2D eigenvalue weighted by Gasteiger charge is -2.31. The third-order valence-corrected chi connectivity index (χ3v) is 5.80. The number of nitrogens with zero attached hydrogens (tertiary/aromatic N) is 5. The van der Waals surface area contributed by atoms with Gasteiger partial charge in [0, 0.05) is 54.8 Å². The maximum atomic E-state index is 12.8. The second kappa shape index (κ2) is 8.45. The highest BCUT2D eigenvalue weighted by atomic mass is 16.2. The molecule has 31 heavy (non-hydrogen) atoms. The minimum atomic E-state index is -0.0770. The molecular weight excluding hydrogens is 392 g/mol. The van der Waals surface area contributed by atoms with Crippen molar-refractivity contribution in [2.75, 3.05) is 13.1 Å². The van der Waals surface area contributed by atoms with Crippen molar-refractivity contribution >= 4 is 5.91 Å². The first-order valence-corrected chi connectivity index (χ1v) is 10.6. The molecule has 4 rings (SSSR count). The van der Waals surface area contributed by atoms with E-state index in [1.165, 1.54) is 0 Å². The summed E-state index contributed by atoms with van der Waals surface area (Å²) in [5.41, 5.74) is 2.72. The molecule has 8 nitrogen and oxygen atoms in total. The van der Waals surface area contributed by atoms with Gasteiger partial charge >= 0.3 is 0 Å². The average Bonchev–Trinajstić information content (AvgIpc) is 3.27. The molecule has 0 aromatic carbocycles. The van der Waals surface area contributed by atoms with Crippen LogP contribution in [0.5, 0.6) is 0 Å². The van der Waals surface area contributed by atoms with E-state index < -0.39 is 0 Å². The summed E-state index contributed by atoms with van der Waals surface area (Å²) in [7, 11) is 0. The molecule has 3 aromatic heterocycles. The van der Waals surface area contributed by atoms with Gasteiger partial charge in [-0.15, -0.1) is 0 Å². The second-order valence-corrected chi connectivity index (χ2v) is 9.16. The molecule has 0 aliphatic carbocycles. The van der Waals surface area contributed by atoms with E-state index in [9.17, 15) is 9.59 Å². The molecule has 1 aliphatic rings. The van der Waals surface area contributed by atoms with Gasteiger partial charge in [-0.25, -0.2) is 4.98 Å². The highest BCUT2D eigenvalue weighted by Crippen LogP contribution is 2.23. The van der Waals surface area contributed by atoms with E-state index in [0.29, 0.717) is 36.9 Å². The summed E-state index contributed by atoms with van der Waals surface area (Å²) in [6.07, 6.45) is 6.69. The predicted octanol–water partition coefficient (Wildman–Crippen LogP) is 2.88. The quantitative estimate of drug-likeness (QED) is 0.700. The number of likely N-dealkylation sites (tertiary alicyclic amines) is 1. The molecule has 0 saturated carbocycles. The second-order valence-electron chi connectivity index (χ2n) is 9.16. The monoisotopic (exact) mass is 420 g/mol. The van der Waals surface area contributed by atoms with Crippen LogP contribution in [-0.2, 0) is 12.0 Å². The number of aromatic nitrogens is 5. The van der Waals surface area contributed by atoms with Crippen molar-refractivity contribution < 1.29 is 4.79 Å². The standard InChI is InChI=1S/C23H28N6O2/c1-23(2,3)20-11-19(26-27-20)22(31)28-9-6-16(7-10-28)14-29-15-25-18(12-21(29)30)17-5-4-8-24-13-17/h4-5,8,11-13,15-16H,6-7,9-10,14H2,1-3H3,(H,26,27). The Morgan fingerprint density at radius 1 is 1.23 bits per heavy atom. The molecule has 162 valence electrons. The van der Waals surface area contributed by atoms with E-state index in [1.54, 1.807) is 29.4 Å². The van der Waals surface area contributed by atoms with E-state index in [-0.39, 0.29) is 16.9 Å². The van der Waals surface area contributed by atoms with Crippen molar-refractivity contribution in [2.45, 2.75) is 45.6 Å². The lowest BCUT2D eigenvalue weighted by molar-refractivity contribution is 0.0676. The van der Waals surface area contributed by atoms with Gasteiger partial charge < -0.3 is 4.90 Å². The van der Waals surface area contributed by atoms with Gasteiger partial charge in [0.25, 0.3) is 11.5 Å². The average molecular weight is 421 g/mol. The van der Waals surface area contributed by atoms with E-state index >= 15 is 0 Å². The first-order chi connectivity index (χ1) is 14.8. The Balaban J connectivity index is 1.36. The van der Waals surface area contributed by atoms with Crippen LogP contribution >= 0.6 is 0 Å². The lowest BCUT2D eigenvalue weighted by atomic mass is 9.92. The van der Waals surface area contributed by atoms with Gasteiger partial charge in [0.1, 0.15) is 5.69 Å². The van der Waals surface area contributed by atoms with Crippen LogP contribution in [0.1, 0.15) is 49.8 Å². The third-order valence-electron chi connectivity index (χ3n) is 5.80. The van der Waals surface area contributed by atoms with Crippen LogP contribution in [0.15, 0.2) is 47.8 Å². The molecular formula is C23H28N6O2. The third kappa shape index (κ3) is 4.73. The number of carbonyl (C=O) groups is 1. The Hall–Kier alpha value is -3.29. The van der Waals surface area contributed by atoms with Gasteiger partial charge in [-0.05, 0) is 37.0 Å². The van der Waals surface area contributed by atoms with Crippen LogP contribution in [0, 0.1) is 5.92 Å². The van der Waals surface area contributed by atoms with Crippen molar-refractivity contribution in [2.24, 2.45) is 5.92 Å². The summed E-state index contributed by atoms with van der Waals surface area (Å²) >= 11 is 0. The number of rotatable bonds is 4. The van der Waals surface area contributed by atoms with E-state index in [2.05, 4.69) is 40.9 Å². The largest absolute Gasteiger partial charge is 0.337 e. The summed E-state index contributed by atoms with van der Waals surface area (Å²) in [5.74, 6) is 0.293. The fourth-order valence-corrected chi connectivity index (χ4v) is 3.81. The van der Waals surface area contributed by atoms with Crippen LogP contribution in [-0.4, -0.2) is 48.6 Å². The summed E-state index contributed by atoms with van der Waals surface area (Å²) in [6.45, 7) is 8.19. The van der Waals surface area contributed by atoms with Gasteiger partial charge in [0.05, 0.1) is 12.0 Å². The molecule has 0 atom stereocenters. The molecule has 1 aliphatic heterocycles. The zero-order chi connectivity index (χ0) is 22.0. The molecule has 0 unspecified atom stereocenters. The van der Waals surface area contributed by atoms with Crippen molar-refractivity contribution in [3.05, 3.63) is 64.7 Å². The topological polar surface area (TPSA) is 96.8 Å². The maximum absolute atomic E-state index is 12.8. The highest BCUT2D eigenvalue weighted by molar-refractivity contribution is 5.92. The van der Waals surface area contributed by atoms with Gasteiger partial charge in [-0.2, -0.15) is 5.10 Å². The van der Waals surface area contributed by atoms with Crippen molar-refractivity contribution in [3.63, 3.8) is 0 Å². The van der Waals surface area contributed by atoms with Gasteiger partial charge in [0.2, 0.25) is 0 Å². The molecule has 3 aromatic rings. The molecule has 0 bridgehead atoms. The van der Waals surface area contributed by atoms with Gasteiger partial charge in [0.15, 0.2) is 0 Å². The number of hydrogen-bond donors (Lipinski definition) is 1. The number of amides is 1. The predicted molar refractivity (Wildman–Crippen MR) is 118 cm³/mol. The minimum absolute atomic E-state index is 0.0372. The van der Waals surface area contributed by atoms with Gasteiger partial charge in [-0.3, -0.25) is 24.2 Å². The number of aromatic amines is 1. The summed E-state index contributed by atoms with van der Waals surface area (Å²) in [6, 6.07) is 7.11. The number of pyridine rings is 1. The number of H-pyrrole nitrogens is 1. The Morgan fingerprint density at radius 2 is 2.00 bits per heavy atom. The fraction of sp³-hybridized carbons (Fsp3) is 0.435. The Morgan fingerprint density at radius 3 is 2.61 bits per heavy atom. The van der Waals surface area contributed by atoms with Crippen LogP contribution in [0.2, 0.25) is 0 Å². The first-order valence-electron chi connectivity index (χ1n) is 10.6. The Kier molecular flexibility index (Phi) is 5.71. The van der Waals surface area contributed by atoms with Crippen LogP contribution in [0.25, 0.3) is 11.3 Å². The maximum Gasteiger partial charge on any atom is 0.274 e. The minimum Gasteiger partial charge on any atom is -0.337 e. The molecule has 1 amide bonds. The van der Waals surface area contributed by atoms with Crippen molar-refractivity contribution in [1.29, 1.82) is 0 Å². The molecule has 1 saturated heterocycles. The summed E-state index contributed by atoms with van der Waals surface area (Å²) < 4.78 is 1.66. The fourth-order valence-electron chi connectivity index (χ4n) is 3.81. The zero-order valence-corrected chi connectivity index (χ0v) is 18.2. The summed E-state index contributed by atoms with van der Waals surface area (Å²) in [5, 5.41) is 7.20. The van der Waals surface area contributed by atoms with Gasteiger partial charge in [-0.1, -0.05) is 20.8 Å². The van der Waals surface area contributed by atoms with Crippen LogP contribution < -0.4 is 5.56 Å². The molecule has 0 radical (unpaired) electrons. The van der Waals surface area contributed by atoms with E-state index in [0.717, 1.165) is 24.1 Å². The Labute approximate surface area is 181 Å². The number of hydrogen-bond acceptors (Lipinski definition) is 5. The number of nitrogens with one attached hydrogen (secondary N) is 1. The molecule has 0 spiro atoms. The SMILES string of the molecule is CC(C)(C)c1cc(C(=O)N2CCC(Cn3cnc(-c4cccnc4)cc3=O)CC2)n[nH]1. The molecule has 1 N–H and O–H groups in total. The first kappa shape index (κ1) is 21.0. The summed E-state index contributed by atoms with van der Waals surface area (Å²) in [4.78, 5) is 35.7. The molecule has 4 heterocycles. The number of piperidine rings is 1. The molecule has 1 fully saturated rings. The Bertz CT molecular complexity index is 1100. The van der Waals surface area contributed by atoms with Crippen LogP contribution in [0.4, 0.5) is 0 Å². The van der Waals surface area contributed by atoms with E-state index in [4.69, 9.17) is 0 Å². The smallest absolute Gasteiger partial charge is 0.274 e. The van der Waals surface area contributed by atoms with Crippen LogP contribution in [0.3, 0.4) is 0 Å². The van der Waals surface area contributed by atoms with Crippen molar-refractivity contribution in [1.82, 2.24) is 29.6 Å².